The SMILES string of the molecule is Cl.Cl.Nc1cc(Br)cc(-c2nnn[nH]2)c1. The van der Waals surface area contributed by atoms with Crippen LogP contribution < -0.4 is 5.73 Å². The Morgan fingerprint density at radius 2 is 1.93 bits per heavy atom. The van der Waals surface area contributed by atoms with E-state index in [1.165, 1.54) is 0 Å². The summed E-state index contributed by atoms with van der Waals surface area (Å²) in [6.45, 7) is 0. The summed E-state index contributed by atoms with van der Waals surface area (Å²) in [5.41, 5.74) is 7.18. The molecule has 0 radical (unpaired) electrons. The number of hydrogen-bond donors (Lipinski definition) is 2. The van der Waals surface area contributed by atoms with E-state index in [0.717, 1.165) is 10.0 Å². The molecule has 0 saturated heterocycles. The second kappa shape index (κ2) is 5.89. The van der Waals surface area contributed by atoms with Crippen molar-refractivity contribution in [3.8, 4) is 11.4 Å². The van der Waals surface area contributed by atoms with Crippen LogP contribution in [0.25, 0.3) is 11.4 Å². The zero-order valence-electron chi connectivity index (χ0n) is 7.35. The van der Waals surface area contributed by atoms with Crippen LogP contribution in [0, 0.1) is 0 Å². The predicted molar refractivity (Wildman–Crippen MR) is 66.2 cm³/mol. The van der Waals surface area contributed by atoms with E-state index < -0.39 is 0 Å². The van der Waals surface area contributed by atoms with E-state index in [1.54, 1.807) is 6.07 Å². The molecule has 3 N–H and O–H groups in total. The minimum Gasteiger partial charge on any atom is -0.399 e. The van der Waals surface area contributed by atoms with E-state index >= 15 is 0 Å². The topological polar surface area (TPSA) is 80.5 Å². The third-order valence-corrected chi connectivity index (χ3v) is 2.00. The lowest BCUT2D eigenvalue weighted by Gasteiger charge is -1.98. The highest BCUT2D eigenvalue weighted by molar-refractivity contribution is 9.10. The van der Waals surface area contributed by atoms with Crippen LogP contribution in [0.4, 0.5) is 5.69 Å². The fourth-order valence-corrected chi connectivity index (χ4v) is 1.54. The largest absolute Gasteiger partial charge is 0.399 e. The average molecular weight is 313 g/mol. The zero-order valence-corrected chi connectivity index (χ0v) is 10.6. The highest BCUT2D eigenvalue weighted by atomic mass is 79.9. The molecule has 1 aromatic carbocycles. The second-order valence-corrected chi connectivity index (χ2v) is 3.44. The fraction of sp³-hybridized carbons (Fsp3) is 0. The van der Waals surface area contributed by atoms with Crippen LogP contribution >= 0.6 is 40.7 Å². The smallest absolute Gasteiger partial charge is 0.179 e. The number of nitrogens with zero attached hydrogens (tertiary/aromatic N) is 3. The lowest BCUT2D eigenvalue weighted by molar-refractivity contribution is 0.881. The molecule has 0 aliphatic carbocycles. The first-order chi connectivity index (χ1) is 6.25. The summed E-state index contributed by atoms with van der Waals surface area (Å²) in [6, 6.07) is 5.50. The number of benzene rings is 1. The molecular formula is C7H8BrCl2N5. The molecule has 0 unspecified atom stereocenters. The highest BCUT2D eigenvalue weighted by Gasteiger charge is 2.03. The normalized spacial score (nSPS) is 8.87. The summed E-state index contributed by atoms with van der Waals surface area (Å²) in [7, 11) is 0. The van der Waals surface area contributed by atoms with Crippen molar-refractivity contribution in [2.45, 2.75) is 0 Å². The molecule has 0 saturated carbocycles. The average Bonchev–Trinajstić information content (AvgIpc) is 2.53. The van der Waals surface area contributed by atoms with Crippen molar-refractivity contribution in [2.75, 3.05) is 5.73 Å². The predicted octanol–water partition coefficient (Wildman–Crippen LogP) is 2.05. The van der Waals surface area contributed by atoms with Gasteiger partial charge in [0.15, 0.2) is 5.82 Å². The number of aromatic amines is 1. The number of aromatic nitrogens is 4. The minimum atomic E-state index is 0. The van der Waals surface area contributed by atoms with Gasteiger partial charge in [-0.05, 0) is 28.6 Å². The zero-order chi connectivity index (χ0) is 9.26. The number of halogens is 3. The van der Waals surface area contributed by atoms with Crippen molar-refractivity contribution in [1.29, 1.82) is 0 Å². The van der Waals surface area contributed by atoms with Crippen LogP contribution in [-0.4, -0.2) is 20.6 Å². The molecule has 1 heterocycles. The first-order valence-corrected chi connectivity index (χ1v) is 4.35. The molecule has 0 aliphatic heterocycles. The van der Waals surface area contributed by atoms with Gasteiger partial charge in [-0.25, -0.2) is 5.10 Å². The van der Waals surface area contributed by atoms with E-state index in [9.17, 15) is 0 Å². The molecule has 82 valence electrons. The first-order valence-electron chi connectivity index (χ1n) is 3.56. The molecule has 5 nitrogen and oxygen atoms in total. The van der Waals surface area contributed by atoms with Gasteiger partial charge in [-0.3, -0.25) is 0 Å². The van der Waals surface area contributed by atoms with Crippen molar-refractivity contribution in [3.05, 3.63) is 22.7 Å². The number of nitrogens with one attached hydrogen (secondary N) is 1. The molecule has 0 bridgehead atoms. The lowest BCUT2D eigenvalue weighted by Crippen LogP contribution is -1.87. The Hall–Kier alpha value is -0.850. The van der Waals surface area contributed by atoms with Gasteiger partial charge in [-0.1, -0.05) is 15.9 Å². The van der Waals surface area contributed by atoms with E-state index in [-0.39, 0.29) is 24.8 Å². The Morgan fingerprint density at radius 1 is 1.20 bits per heavy atom. The van der Waals surface area contributed by atoms with E-state index in [1.807, 2.05) is 12.1 Å². The van der Waals surface area contributed by atoms with Crippen LogP contribution in [0.3, 0.4) is 0 Å². The van der Waals surface area contributed by atoms with Crippen LogP contribution in [0.2, 0.25) is 0 Å². The number of nitrogen functional groups attached to an aromatic ring is 1. The summed E-state index contributed by atoms with van der Waals surface area (Å²) in [5, 5.41) is 13.4. The monoisotopic (exact) mass is 311 g/mol. The number of H-pyrrole nitrogens is 1. The number of rotatable bonds is 1. The van der Waals surface area contributed by atoms with Crippen molar-refractivity contribution in [3.63, 3.8) is 0 Å². The molecule has 0 fully saturated rings. The van der Waals surface area contributed by atoms with Crippen molar-refractivity contribution in [1.82, 2.24) is 20.6 Å². The second-order valence-electron chi connectivity index (χ2n) is 2.52. The summed E-state index contributed by atoms with van der Waals surface area (Å²) < 4.78 is 0.902. The van der Waals surface area contributed by atoms with Crippen molar-refractivity contribution in [2.24, 2.45) is 0 Å². The Labute approximate surface area is 107 Å². The number of nitrogens with two attached hydrogens (primary N) is 1. The first kappa shape index (κ1) is 14.2. The standard InChI is InChI=1S/C7H6BrN5.2ClH/c8-5-1-4(2-6(9)3-5)7-10-12-13-11-7;;/h1-3H,9H2,(H,10,11,12,13);2*1H. The van der Waals surface area contributed by atoms with E-state index in [0.29, 0.717) is 11.5 Å². The van der Waals surface area contributed by atoms with Gasteiger partial charge in [0.05, 0.1) is 0 Å². The Morgan fingerprint density at radius 3 is 2.47 bits per heavy atom. The van der Waals surface area contributed by atoms with Crippen LogP contribution in [-0.2, 0) is 0 Å². The van der Waals surface area contributed by atoms with E-state index in [4.69, 9.17) is 5.73 Å². The molecule has 2 aromatic rings. The molecule has 2 rings (SSSR count). The van der Waals surface area contributed by atoms with Gasteiger partial charge in [-0.15, -0.1) is 29.9 Å². The number of hydrogen-bond acceptors (Lipinski definition) is 4. The van der Waals surface area contributed by atoms with Gasteiger partial charge in [0.2, 0.25) is 0 Å². The van der Waals surface area contributed by atoms with E-state index in [2.05, 4.69) is 36.6 Å². The van der Waals surface area contributed by atoms with Crippen molar-refractivity contribution < 1.29 is 0 Å². The summed E-state index contributed by atoms with van der Waals surface area (Å²) in [5.74, 6) is 0.605. The molecule has 15 heavy (non-hydrogen) atoms. The quantitative estimate of drug-likeness (QED) is 0.790. The lowest BCUT2D eigenvalue weighted by atomic mass is 10.2. The highest BCUT2D eigenvalue weighted by Crippen LogP contribution is 2.22. The molecular weight excluding hydrogens is 305 g/mol. The third kappa shape index (κ3) is 3.33. The summed E-state index contributed by atoms with van der Waals surface area (Å²) in [6.07, 6.45) is 0. The Kier molecular flexibility index (Phi) is 5.56. The van der Waals surface area contributed by atoms with Crippen LogP contribution in [0.5, 0.6) is 0 Å². The van der Waals surface area contributed by atoms with Gasteiger partial charge >= 0.3 is 0 Å². The van der Waals surface area contributed by atoms with Gasteiger partial charge in [-0.2, -0.15) is 0 Å². The van der Waals surface area contributed by atoms with Gasteiger partial charge in [0.1, 0.15) is 0 Å². The van der Waals surface area contributed by atoms with Crippen LogP contribution in [0.1, 0.15) is 0 Å². The molecule has 0 amide bonds. The third-order valence-electron chi connectivity index (χ3n) is 1.54. The fourth-order valence-electron chi connectivity index (χ4n) is 1.03. The maximum absolute atomic E-state index is 5.65. The van der Waals surface area contributed by atoms with Gasteiger partial charge in [0.25, 0.3) is 0 Å². The molecule has 0 atom stereocenters. The van der Waals surface area contributed by atoms with Crippen LogP contribution in [0.15, 0.2) is 22.7 Å². The summed E-state index contributed by atoms with van der Waals surface area (Å²) in [4.78, 5) is 0. The number of anilines is 1. The molecule has 8 heteroatoms. The van der Waals surface area contributed by atoms with Gasteiger partial charge in [0, 0.05) is 15.7 Å². The number of tetrazole rings is 1. The maximum atomic E-state index is 5.65. The summed E-state index contributed by atoms with van der Waals surface area (Å²) >= 11 is 3.34. The Bertz CT molecular complexity index is 399. The van der Waals surface area contributed by atoms with Crippen molar-refractivity contribution >= 4 is 46.4 Å². The van der Waals surface area contributed by atoms with Gasteiger partial charge < -0.3 is 5.73 Å². The Balaban J connectivity index is 0.000000980. The molecule has 0 spiro atoms. The minimum absolute atomic E-state index is 0. The maximum Gasteiger partial charge on any atom is 0.179 e. The molecule has 1 aromatic heterocycles. The molecule has 0 aliphatic rings.